The molecule has 5 unspecified atom stereocenters. The normalized spacial score (nSPS) is 45.1. The van der Waals surface area contributed by atoms with Gasteiger partial charge in [-0.2, -0.15) is 0 Å². The van der Waals surface area contributed by atoms with E-state index in [-0.39, 0.29) is 9.99 Å². The van der Waals surface area contributed by atoms with Crippen molar-refractivity contribution in [2.45, 2.75) is 49.6 Å². The number of sulfone groups is 1. The molecule has 3 heterocycles. The van der Waals surface area contributed by atoms with Crippen LogP contribution in [0.5, 0.6) is 0 Å². The molecule has 3 aliphatic rings. The molecule has 0 amide bonds. The Morgan fingerprint density at radius 1 is 1.32 bits per heavy atom. The van der Waals surface area contributed by atoms with E-state index in [1.807, 2.05) is 0 Å². The van der Waals surface area contributed by atoms with Gasteiger partial charge in [0.1, 0.15) is 27.5 Å². The Morgan fingerprint density at radius 3 is 2.79 bits per heavy atom. The summed E-state index contributed by atoms with van der Waals surface area (Å²) in [7, 11) is -3.32. The third-order valence-corrected chi connectivity index (χ3v) is 7.50. The molecule has 0 spiro atoms. The second-order valence-electron chi connectivity index (χ2n) is 5.02. The van der Waals surface area contributed by atoms with Gasteiger partial charge in [-0.1, -0.05) is 11.8 Å². The van der Waals surface area contributed by atoms with Gasteiger partial charge in [-0.05, 0) is 13.3 Å². The van der Waals surface area contributed by atoms with Crippen molar-refractivity contribution in [2.24, 2.45) is 0 Å². The van der Waals surface area contributed by atoms with E-state index in [0.29, 0.717) is 18.6 Å². The van der Waals surface area contributed by atoms with Crippen molar-refractivity contribution >= 4 is 21.6 Å². The zero-order valence-corrected chi connectivity index (χ0v) is 12.0. The van der Waals surface area contributed by atoms with Crippen LogP contribution in [0.25, 0.3) is 0 Å². The predicted molar refractivity (Wildman–Crippen MR) is 68.9 cm³/mol. The fourth-order valence-corrected chi connectivity index (χ4v) is 5.96. The van der Waals surface area contributed by atoms with Crippen LogP contribution in [-0.4, -0.2) is 54.2 Å². The summed E-state index contributed by atoms with van der Waals surface area (Å²) in [5.74, 6) is 0.545. The molecule has 3 aliphatic heterocycles. The molecule has 5 atom stereocenters. The summed E-state index contributed by atoms with van der Waals surface area (Å²) in [5, 5.41) is 19.2. The molecule has 2 N–H and O–H groups in total. The summed E-state index contributed by atoms with van der Waals surface area (Å²) in [4.78, 5) is 0. The highest BCUT2D eigenvalue weighted by atomic mass is 32.3. The van der Waals surface area contributed by atoms with Gasteiger partial charge in [0.25, 0.3) is 0 Å². The Kier molecular flexibility index (Phi) is 3.33. The fourth-order valence-electron chi connectivity index (χ4n) is 2.52. The Morgan fingerprint density at radius 2 is 2.05 bits per heavy atom. The van der Waals surface area contributed by atoms with Gasteiger partial charge in [0.2, 0.25) is 6.29 Å². The Hall–Kier alpha value is -0.280. The molecule has 0 saturated carbocycles. The molecular formula is C11H16O6S2. The first-order valence-electron chi connectivity index (χ1n) is 6.21. The van der Waals surface area contributed by atoms with Crippen LogP contribution in [0, 0.1) is 0 Å². The minimum absolute atomic E-state index is 0.107. The van der Waals surface area contributed by atoms with Crippen LogP contribution in [0.15, 0.2) is 10.00 Å². The smallest absolute Gasteiger partial charge is 0.214 e. The molecule has 1 saturated heterocycles. The van der Waals surface area contributed by atoms with E-state index in [4.69, 9.17) is 9.47 Å². The van der Waals surface area contributed by atoms with Gasteiger partial charge in [0.15, 0.2) is 9.84 Å². The zero-order chi connectivity index (χ0) is 13.8. The molecule has 19 heavy (non-hydrogen) atoms. The van der Waals surface area contributed by atoms with Crippen molar-refractivity contribution in [3.8, 4) is 0 Å². The maximum Gasteiger partial charge on any atom is 0.214 e. The molecule has 6 nitrogen and oxygen atoms in total. The van der Waals surface area contributed by atoms with E-state index >= 15 is 0 Å². The number of ether oxygens (including phenoxy) is 2. The lowest BCUT2D eigenvalue weighted by molar-refractivity contribution is -0.230. The van der Waals surface area contributed by atoms with Crippen molar-refractivity contribution < 1.29 is 28.1 Å². The number of allylic oxidation sites excluding steroid dienone is 1. The molecule has 3 rings (SSSR count). The molecule has 0 aromatic carbocycles. The average Bonchev–Trinajstić information content (AvgIpc) is 2.34. The molecule has 1 fully saturated rings. The molecule has 8 heteroatoms. The minimum atomic E-state index is -3.32. The summed E-state index contributed by atoms with van der Waals surface area (Å²) in [6.45, 7) is 1.65. The van der Waals surface area contributed by atoms with Gasteiger partial charge in [0, 0.05) is 6.42 Å². The lowest BCUT2D eigenvalue weighted by Gasteiger charge is -2.44. The molecular weight excluding hydrogens is 292 g/mol. The number of hydrogen-bond acceptors (Lipinski definition) is 7. The van der Waals surface area contributed by atoms with Crippen molar-refractivity contribution in [3.05, 3.63) is 10.00 Å². The Bertz CT molecular complexity index is 513. The van der Waals surface area contributed by atoms with Crippen molar-refractivity contribution in [3.63, 3.8) is 0 Å². The van der Waals surface area contributed by atoms with Crippen LogP contribution >= 0.6 is 11.8 Å². The SMILES string of the molecule is CC1OC2OC3=C(SC2C(O)C1O)S(=O)(=O)CCC3. The molecule has 0 aliphatic carbocycles. The van der Waals surface area contributed by atoms with Crippen LogP contribution in [0.2, 0.25) is 0 Å². The third-order valence-electron chi connectivity index (χ3n) is 3.61. The van der Waals surface area contributed by atoms with Crippen molar-refractivity contribution in [2.75, 3.05) is 5.75 Å². The number of fused-ring (bicyclic) bond motifs is 1. The van der Waals surface area contributed by atoms with Gasteiger partial charge in [0.05, 0.1) is 11.9 Å². The summed E-state index contributed by atoms with van der Waals surface area (Å²) in [5.41, 5.74) is 0. The maximum atomic E-state index is 12.0. The van der Waals surface area contributed by atoms with Crippen LogP contribution in [0.1, 0.15) is 19.8 Å². The fraction of sp³-hybridized carbons (Fsp3) is 0.818. The lowest BCUT2D eigenvalue weighted by atomic mass is 10.0. The van der Waals surface area contributed by atoms with Gasteiger partial charge in [-0.25, -0.2) is 8.42 Å². The van der Waals surface area contributed by atoms with E-state index in [0.717, 1.165) is 11.8 Å². The van der Waals surface area contributed by atoms with Crippen LogP contribution in [-0.2, 0) is 19.3 Å². The van der Waals surface area contributed by atoms with Crippen LogP contribution in [0.3, 0.4) is 0 Å². The number of aliphatic hydroxyl groups excluding tert-OH is 2. The van der Waals surface area contributed by atoms with Gasteiger partial charge in [-0.15, -0.1) is 0 Å². The second kappa shape index (κ2) is 4.63. The standard InChI is InChI=1S/C11H16O6S2/c1-5-7(12)8(13)9-10(16-5)17-6-3-2-4-19(14,15)11(6)18-9/h5,7-10,12-13H,2-4H2,1H3. The highest BCUT2D eigenvalue weighted by Gasteiger charge is 2.49. The third kappa shape index (κ3) is 2.19. The highest BCUT2D eigenvalue weighted by molar-refractivity contribution is 8.19. The predicted octanol–water partition coefficient (Wildman–Crippen LogP) is -0.0373. The summed E-state index contributed by atoms with van der Waals surface area (Å²) in [6.07, 6.45) is -2.23. The van der Waals surface area contributed by atoms with Gasteiger partial charge >= 0.3 is 0 Å². The van der Waals surface area contributed by atoms with Gasteiger partial charge < -0.3 is 19.7 Å². The summed E-state index contributed by atoms with van der Waals surface area (Å²) < 4.78 is 35.3. The number of aliphatic hydroxyl groups is 2. The highest BCUT2D eigenvalue weighted by Crippen LogP contribution is 2.46. The quantitative estimate of drug-likeness (QED) is 0.648. The van der Waals surface area contributed by atoms with Crippen LogP contribution < -0.4 is 0 Å². The molecule has 0 radical (unpaired) electrons. The van der Waals surface area contributed by atoms with E-state index in [9.17, 15) is 18.6 Å². The maximum absolute atomic E-state index is 12.0. The first kappa shape index (κ1) is 13.7. The number of thioether (sulfide) groups is 1. The van der Waals surface area contributed by atoms with E-state index in [1.165, 1.54) is 0 Å². The summed E-state index contributed by atoms with van der Waals surface area (Å²) in [6, 6.07) is 0. The molecule has 0 bridgehead atoms. The van der Waals surface area contributed by atoms with E-state index in [1.54, 1.807) is 6.92 Å². The molecule has 0 aromatic heterocycles. The Balaban J connectivity index is 1.94. The minimum Gasteiger partial charge on any atom is -0.466 e. The summed E-state index contributed by atoms with van der Waals surface area (Å²) >= 11 is 1.05. The average molecular weight is 308 g/mol. The molecule has 108 valence electrons. The Labute approximate surface area is 115 Å². The topological polar surface area (TPSA) is 93.1 Å². The van der Waals surface area contributed by atoms with E-state index in [2.05, 4.69) is 0 Å². The van der Waals surface area contributed by atoms with Crippen molar-refractivity contribution in [1.29, 1.82) is 0 Å². The number of hydrogen-bond donors (Lipinski definition) is 2. The number of rotatable bonds is 0. The first-order valence-corrected chi connectivity index (χ1v) is 8.74. The second-order valence-corrected chi connectivity index (χ2v) is 8.52. The lowest BCUT2D eigenvalue weighted by Crippen LogP contribution is -2.57. The largest absolute Gasteiger partial charge is 0.466 e. The van der Waals surface area contributed by atoms with Crippen LogP contribution in [0.4, 0.5) is 0 Å². The van der Waals surface area contributed by atoms with Crippen molar-refractivity contribution in [1.82, 2.24) is 0 Å². The monoisotopic (exact) mass is 308 g/mol. The van der Waals surface area contributed by atoms with Gasteiger partial charge in [-0.3, -0.25) is 0 Å². The first-order chi connectivity index (χ1) is 8.90. The molecule has 0 aromatic rings. The van der Waals surface area contributed by atoms with E-state index < -0.39 is 39.7 Å². The zero-order valence-electron chi connectivity index (χ0n) is 10.4.